The quantitative estimate of drug-likeness (QED) is 0.557. The summed E-state index contributed by atoms with van der Waals surface area (Å²) >= 11 is 0. The number of aromatic nitrogens is 1. The Hall–Kier alpha value is -1.88. The van der Waals surface area contributed by atoms with Gasteiger partial charge in [-0.25, -0.2) is 0 Å². The Morgan fingerprint density at radius 2 is 1.93 bits per heavy atom. The van der Waals surface area contributed by atoms with Crippen LogP contribution in [-0.2, 0) is 0 Å². The standard InChI is InChI=1S/C10H12N2O3/c13-4-2-11-12-3-1-7-5-9(14)10(15)6-8(7)12/h1,3,5-6,11,13-15H,2,4H2. The van der Waals surface area contributed by atoms with Gasteiger partial charge in [0.15, 0.2) is 11.5 Å². The van der Waals surface area contributed by atoms with E-state index >= 15 is 0 Å². The summed E-state index contributed by atoms with van der Waals surface area (Å²) in [5.74, 6) is -0.296. The first kappa shape index (κ1) is 9.67. The minimum atomic E-state index is -0.159. The highest BCUT2D eigenvalue weighted by Crippen LogP contribution is 2.30. The summed E-state index contributed by atoms with van der Waals surface area (Å²) < 4.78 is 1.69. The van der Waals surface area contributed by atoms with Crippen molar-refractivity contribution in [3.05, 3.63) is 24.4 Å². The second-order valence-corrected chi connectivity index (χ2v) is 3.22. The molecule has 0 saturated carbocycles. The van der Waals surface area contributed by atoms with Crippen molar-refractivity contribution >= 4 is 10.9 Å². The minimum absolute atomic E-state index is 0.0315. The second-order valence-electron chi connectivity index (χ2n) is 3.22. The SMILES string of the molecule is OCCNn1ccc2cc(O)c(O)cc21. The van der Waals surface area contributed by atoms with Crippen LogP contribution in [-0.4, -0.2) is 33.1 Å². The van der Waals surface area contributed by atoms with Crippen molar-refractivity contribution in [1.29, 1.82) is 0 Å². The number of rotatable bonds is 3. The zero-order valence-corrected chi connectivity index (χ0v) is 8.01. The minimum Gasteiger partial charge on any atom is -0.504 e. The van der Waals surface area contributed by atoms with Gasteiger partial charge in [-0.3, -0.25) is 4.68 Å². The second kappa shape index (κ2) is 3.70. The van der Waals surface area contributed by atoms with E-state index in [0.29, 0.717) is 6.54 Å². The van der Waals surface area contributed by atoms with Crippen LogP contribution >= 0.6 is 0 Å². The number of fused-ring (bicyclic) bond motifs is 1. The molecule has 0 aliphatic heterocycles. The molecule has 80 valence electrons. The third-order valence-corrected chi connectivity index (χ3v) is 2.18. The Morgan fingerprint density at radius 3 is 2.67 bits per heavy atom. The van der Waals surface area contributed by atoms with Crippen LogP contribution in [0.1, 0.15) is 0 Å². The molecule has 2 aromatic rings. The third-order valence-electron chi connectivity index (χ3n) is 2.18. The number of hydrogen-bond donors (Lipinski definition) is 4. The number of benzene rings is 1. The van der Waals surface area contributed by atoms with Crippen LogP contribution in [0.15, 0.2) is 24.4 Å². The molecule has 0 bridgehead atoms. The zero-order chi connectivity index (χ0) is 10.8. The highest BCUT2D eigenvalue weighted by molar-refractivity contribution is 5.84. The summed E-state index contributed by atoms with van der Waals surface area (Å²) in [5, 5.41) is 28.1. The maximum Gasteiger partial charge on any atom is 0.159 e. The molecule has 2 rings (SSSR count). The van der Waals surface area contributed by atoms with Gasteiger partial charge in [-0.15, -0.1) is 0 Å². The van der Waals surface area contributed by atoms with Crippen LogP contribution in [0.25, 0.3) is 10.9 Å². The van der Waals surface area contributed by atoms with Crippen LogP contribution in [0.5, 0.6) is 11.5 Å². The van der Waals surface area contributed by atoms with E-state index in [-0.39, 0.29) is 18.1 Å². The summed E-state index contributed by atoms with van der Waals surface area (Å²) in [6.07, 6.45) is 1.76. The third kappa shape index (κ3) is 1.69. The number of aliphatic hydroxyl groups is 1. The Kier molecular flexibility index (Phi) is 2.39. The average Bonchev–Trinajstić information content (AvgIpc) is 2.59. The van der Waals surface area contributed by atoms with Crippen molar-refractivity contribution in [2.75, 3.05) is 18.6 Å². The smallest absolute Gasteiger partial charge is 0.159 e. The van der Waals surface area contributed by atoms with Gasteiger partial charge >= 0.3 is 0 Å². The molecule has 5 nitrogen and oxygen atoms in total. The van der Waals surface area contributed by atoms with Crippen LogP contribution < -0.4 is 5.43 Å². The van der Waals surface area contributed by atoms with Crippen molar-refractivity contribution in [2.45, 2.75) is 0 Å². The molecule has 0 atom stereocenters. The van der Waals surface area contributed by atoms with Crippen LogP contribution in [0.4, 0.5) is 0 Å². The zero-order valence-electron chi connectivity index (χ0n) is 8.01. The van der Waals surface area contributed by atoms with E-state index in [9.17, 15) is 10.2 Å². The number of hydrogen-bond acceptors (Lipinski definition) is 4. The first-order chi connectivity index (χ1) is 7.22. The summed E-state index contributed by atoms with van der Waals surface area (Å²) in [6, 6.07) is 4.76. The van der Waals surface area contributed by atoms with E-state index in [2.05, 4.69) is 5.43 Å². The van der Waals surface area contributed by atoms with E-state index < -0.39 is 0 Å². The fourth-order valence-corrected chi connectivity index (χ4v) is 1.47. The number of nitrogens with zero attached hydrogens (tertiary/aromatic N) is 1. The van der Waals surface area contributed by atoms with Crippen molar-refractivity contribution < 1.29 is 15.3 Å². The lowest BCUT2D eigenvalue weighted by molar-refractivity contribution is 0.307. The summed E-state index contributed by atoms with van der Waals surface area (Å²) in [4.78, 5) is 0. The van der Waals surface area contributed by atoms with Gasteiger partial charge in [-0.1, -0.05) is 0 Å². The average molecular weight is 208 g/mol. The van der Waals surface area contributed by atoms with Crippen LogP contribution in [0.3, 0.4) is 0 Å². The maximum absolute atomic E-state index is 9.35. The van der Waals surface area contributed by atoms with E-state index in [1.165, 1.54) is 12.1 Å². The summed E-state index contributed by atoms with van der Waals surface area (Å²) in [5.41, 5.74) is 3.69. The Balaban J connectivity index is 2.45. The number of aromatic hydroxyl groups is 2. The molecule has 1 heterocycles. The molecular weight excluding hydrogens is 196 g/mol. The normalized spacial score (nSPS) is 10.7. The van der Waals surface area contributed by atoms with Crippen molar-refractivity contribution in [3.8, 4) is 11.5 Å². The predicted molar refractivity (Wildman–Crippen MR) is 56.6 cm³/mol. The molecule has 0 aliphatic carbocycles. The molecular formula is C10H12N2O3. The molecule has 0 saturated heterocycles. The molecule has 15 heavy (non-hydrogen) atoms. The number of phenolic OH excluding ortho intramolecular Hbond substituents is 2. The number of nitrogens with one attached hydrogen (secondary N) is 1. The van der Waals surface area contributed by atoms with Crippen molar-refractivity contribution in [1.82, 2.24) is 4.68 Å². The van der Waals surface area contributed by atoms with Gasteiger partial charge in [0, 0.05) is 17.6 Å². The fraction of sp³-hybridized carbons (Fsp3) is 0.200. The van der Waals surface area contributed by atoms with E-state index in [1.54, 1.807) is 16.9 Å². The summed E-state index contributed by atoms with van der Waals surface area (Å²) in [7, 11) is 0. The maximum atomic E-state index is 9.35. The van der Waals surface area contributed by atoms with Gasteiger partial charge in [0.1, 0.15) is 0 Å². The van der Waals surface area contributed by atoms with Gasteiger partial charge < -0.3 is 20.7 Å². The molecule has 0 amide bonds. The topological polar surface area (TPSA) is 77.7 Å². The molecule has 0 spiro atoms. The largest absolute Gasteiger partial charge is 0.504 e. The molecule has 1 aromatic heterocycles. The van der Waals surface area contributed by atoms with Crippen LogP contribution in [0.2, 0.25) is 0 Å². The number of aliphatic hydroxyl groups excluding tert-OH is 1. The molecule has 4 N–H and O–H groups in total. The van der Waals surface area contributed by atoms with Crippen LogP contribution in [0, 0.1) is 0 Å². The monoisotopic (exact) mass is 208 g/mol. The van der Waals surface area contributed by atoms with Crippen molar-refractivity contribution in [2.24, 2.45) is 0 Å². The Labute approximate surface area is 86.2 Å². The molecule has 0 radical (unpaired) electrons. The first-order valence-electron chi connectivity index (χ1n) is 4.60. The van der Waals surface area contributed by atoms with Gasteiger partial charge in [0.2, 0.25) is 0 Å². The van der Waals surface area contributed by atoms with Gasteiger partial charge in [-0.2, -0.15) is 0 Å². The first-order valence-corrected chi connectivity index (χ1v) is 4.60. The predicted octanol–water partition coefficient (Wildman–Crippen LogP) is 0.588. The van der Waals surface area contributed by atoms with Gasteiger partial charge in [-0.05, 0) is 12.1 Å². The number of phenols is 2. The van der Waals surface area contributed by atoms with Gasteiger partial charge in [0.05, 0.1) is 18.7 Å². The van der Waals surface area contributed by atoms with E-state index in [1.807, 2.05) is 0 Å². The lowest BCUT2D eigenvalue weighted by Crippen LogP contribution is -2.16. The highest BCUT2D eigenvalue weighted by atomic mass is 16.3. The molecule has 0 fully saturated rings. The lowest BCUT2D eigenvalue weighted by Gasteiger charge is -2.07. The molecule has 0 aliphatic rings. The fourth-order valence-electron chi connectivity index (χ4n) is 1.47. The van der Waals surface area contributed by atoms with E-state index in [0.717, 1.165) is 10.9 Å². The molecule has 1 aromatic carbocycles. The highest BCUT2D eigenvalue weighted by Gasteiger charge is 2.05. The van der Waals surface area contributed by atoms with Crippen molar-refractivity contribution in [3.63, 3.8) is 0 Å². The molecule has 5 heteroatoms. The Bertz CT molecular complexity index is 479. The Morgan fingerprint density at radius 1 is 1.20 bits per heavy atom. The lowest BCUT2D eigenvalue weighted by atomic mass is 10.2. The molecule has 0 unspecified atom stereocenters. The summed E-state index contributed by atoms with van der Waals surface area (Å²) in [6.45, 7) is 0.454. The van der Waals surface area contributed by atoms with Gasteiger partial charge in [0.25, 0.3) is 0 Å². The van der Waals surface area contributed by atoms with E-state index in [4.69, 9.17) is 5.11 Å².